The lowest BCUT2D eigenvalue weighted by molar-refractivity contribution is -0.132. The van der Waals surface area contributed by atoms with Gasteiger partial charge < -0.3 is 10.2 Å². The molecule has 1 aliphatic rings. The number of amides is 2. The van der Waals surface area contributed by atoms with E-state index in [-0.39, 0.29) is 22.5 Å². The highest BCUT2D eigenvalue weighted by atomic mass is 35.5. The van der Waals surface area contributed by atoms with Crippen molar-refractivity contribution >= 4 is 23.4 Å². The highest BCUT2D eigenvalue weighted by Gasteiger charge is 2.28. The quantitative estimate of drug-likeness (QED) is 0.837. The van der Waals surface area contributed by atoms with Crippen molar-refractivity contribution in [2.45, 2.75) is 25.3 Å². The first-order chi connectivity index (χ1) is 12.1. The molecule has 2 heterocycles. The van der Waals surface area contributed by atoms with Gasteiger partial charge >= 0.3 is 0 Å². The molecule has 1 unspecified atom stereocenters. The molecule has 0 saturated carbocycles. The molecule has 0 spiro atoms. The molecule has 1 fully saturated rings. The molecule has 1 N–H and O–H groups in total. The fraction of sp³-hybridized carbons (Fsp3) is 0.316. The van der Waals surface area contributed by atoms with Crippen LogP contribution in [0.2, 0.25) is 5.15 Å². The Balaban J connectivity index is 1.79. The van der Waals surface area contributed by atoms with Crippen molar-refractivity contribution in [2.75, 3.05) is 13.1 Å². The van der Waals surface area contributed by atoms with Gasteiger partial charge in [-0.2, -0.15) is 0 Å². The standard InChI is InChI=1S/C19H20ClN3O2/c20-17-15(9-6-10-21-17)18(24)22-16(13-14-7-2-1-3-8-14)19(25)23-11-4-5-12-23/h1-3,6-10,16H,4-5,11-13H2,(H,22,24). The average Bonchev–Trinajstić information content (AvgIpc) is 3.16. The topological polar surface area (TPSA) is 62.3 Å². The Hall–Kier alpha value is -2.40. The number of hydrogen-bond donors (Lipinski definition) is 1. The van der Waals surface area contributed by atoms with Crippen LogP contribution in [0.4, 0.5) is 0 Å². The molecular weight excluding hydrogens is 338 g/mol. The summed E-state index contributed by atoms with van der Waals surface area (Å²) in [5.74, 6) is -0.429. The Kier molecular flexibility index (Phi) is 5.66. The molecule has 1 aromatic heterocycles. The number of nitrogens with zero attached hydrogens (tertiary/aromatic N) is 2. The number of carbonyl (C=O) groups is 2. The summed E-state index contributed by atoms with van der Waals surface area (Å²) >= 11 is 6.00. The minimum absolute atomic E-state index is 0.0466. The lowest BCUT2D eigenvalue weighted by atomic mass is 10.0. The summed E-state index contributed by atoms with van der Waals surface area (Å²) in [5, 5.41) is 2.98. The summed E-state index contributed by atoms with van der Waals surface area (Å²) in [6, 6.07) is 12.3. The third-order valence-electron chi connectivity index (χ3n) is 4.31. The first-order valence-corrected chi connectivity index (χ1v) is 8.77. The lowest BCUT2D eigenvalue weighted by Gasteiger charge is -2.24. The van der Waals surface area contributed by atoms with Crippen molar-refractivity contribution in [1.82, 2.24) is 15.2 Å². The highest BCUT2D eigenvalue weighted by Crippen LogP contribution is 2.15. The van der Waals surface area contributed by atoms with Crippen molar-refractivity contribution in [3.05, 3.63) is 64.9 Å². The normalized spacial score (nSPS) is 15.0. The molecule has 1 atom stereocenters. The van der Waals surface area contributed by atoms with Crippen molar-refractivity contribution in [1.29, 1.82) is 0 Å². The Labute approximate surface area is 152 Å². The molecule has 1 saturated heterocycles. The van der Waals surface area contributed by atoms with Crippen LogP contribution in [0.1, 0.15) is 28.8 Å². The van der Waals surface area contributed by atoms with Gasteiger partial charge in [0.25, 0.3) is 5.91 Å². The molecule has 3 rings (SSSR count). The maximum Gasteiger partial charge on any atom is 0.255 e. The summed E-state index contributed by atoms with van der Waals surface area (Å²) in [4.78, 5) is 31.2. The molecule has 6 heteroatoms. The van der Waals surface area contributed by atoms with Crippen LogP contribution in [0, 0.1) is 0 Å². The Bertz CT molecular complexity index is 745. The summed E-state index contributed by atoms with van der Waals surface area (Å²) in [5.41, 5.74) is 1.27. The van der Waals surface area contributed by atoms with Crippen LogP contribution in [-0.2, 0) is 11.2 Å². The van der Waals surface area contributed by atoms with Crippen LogP contribution in [0.25, 0.3) is 0 Å². The Morgan fingerprint density at radius 3 is 2.52 bits per heavy atom. The van der Waals surface area contributed by atoms with Gasteiger partial charge in [0.2, 0.25) is 5.91 Å². The van der Waals surface area contributed by atoms with Gasteiger partial charge in [0, 0.05) is 25.7 Å². The molecule has 1 aromatic carbocycles. The van der Waals surface area contributed by atoms with Crippen molar-refractivity contribution in [2.24, 2.45) is 0 Å². The number of hydrogen-bond acceptors (Lipinski definition) is 3. The van der Waals surface area contributed by atoms with Crippen LogP contribution >= 0.6 is 11.6 Å². The van der Waals surface area contributed by atoms with E-state index in [0.29, 0.717) is 6.42 Å². The van der Waals surface area contributed by atoms with E-state index in [0.717, 1.165) is 31.5 Å². The van der Waals surface area contributed by atoms with Gasteiger partial charge in [-0.3, -0.25) is 9.59 Å². The molecule has 1 aliphatic heterocycles. The molecule has 0 bridgehead atoms. The third-order valence-corrected chi connectivity index (χ3v) is 4.61. The van der Waals surface area contributed by atoms with Gasteiger partial charge in [0.05, 0.1) is 5.56 Å². The zero-order valence-electron chi connectivity index (χ0n) is 13.8. The smallest absolute Gasteiger partial charge is 0.255 e. The Morgan fingerprint density at radius 1 is 1.12 bits per heavy atom. The van der Waals surface area contributed by atoms with E-state index in [1.807, 2.05) is 35.2 Å². The summed E-state index contributed by atoms with van der Waals surface area (Å²) in [6.45, 7) is 1.49. The number of halogens is 1. The molecule has 2 amide bonds. The zero-order chi connectivity index (χ0) is 17.6. The number of benzene rings is 1. The second-order valence-corrected chi connectivity index (χ2v) is 6.45. The molecular formula is C19H20ClN3O2. The molecule has 130 valence electrons. The predicted molar refractivity (Wildman–Crippen MR) is 96.5 cm³/mol. The van der Waals surface area contributed by atoms with Gasteiger partial charge in [-0.05, 0) is 30.5 Å². The van der Waals surface area contributed by atoms with Crippen molar-refractivity contribution in [3.8, 4) is 0 Å². The largest absolute Gasteiger partial charge is 0.341 e. The maximum absolute atomic E-state index is 12.9. The van der Waals surface area contributed by atoms with Gasteiger partial charge in [0.15, 0.2) is 0 Å². The van der Waals surface area contributed by atoms with Crippen molar-refractivity contribution < 1.29 is 9.59 Å². The third kappa shape index (κ3) is 4.37. The maximum atomic E-state index is 12.9. The number of aromatic nitrogens is 1. The molecule has 0 aliphatic carbocycles. The predicted octanol–water partition coefficient (Wildman–Crippen LogP) is 2.70. The van der Waals surface area contributed by atoms with E-state index in [1.165, 1.54) is 6.20 Å². The molecule has 5 nitrogen and oxygen atoms in total. The van der Waals surface area contributed by atoms with Crippen LogP contribution in [0.5, 0.6) is 0 Å². The summed E-state index contributed by atoms with van der Waals surface area (Å²) in [7, 11) is 0. The number of nitrogens with one attached hydrogen (secondary N) is 1. The number of carbonyl (C=O) groups excluding carboxylic acids is 2. The van der Waals surface area contributed by atoms with E-state index < -0.39 is 6.04 Å². The van der Waals surface area contributed by atoms with Crippen molar-refractivity contribution in [3.63, 3.8) is 0 Å². The van der Waals surface area contributed by atoms with Crippen LogP contribution in [-0.4, -0.2) is 40.8 Å². The SMILES string of the molecule is O=C(NC(Cc1ccccc1)C(=O)N1CCCC1)c1cccnc1Cl. The fourth-order valence-electron chi connectivity index (χ4n) is 3.00. The van der Waals surface area contributed by atoms with Crippen LogP contribution in [0.15, 0.2) is 48.7 Å². The number of rotatable bonds is 5. The highest BCUT2D eigenvalue weighted by molar-refractivity contribution is 6.32. The second-order valence-electron chi connectivity index (χ2n) is 6.09. The minimum atomic E-state index is -0.621. The van der Waals surface area contributed by atoms with E-state index >= 15 is 0 Å². The summed E-state index contributed by atoms with van der Waals surface area (Å²) in [6.07, 6.45) is 3.98. The second kappa shape index (κ2) is 8.12. The lowest BCUT2D eigenvalue weighted by Crippen LogP contribution is -2.49. The van der Waals surface area contributed by atoms with E-state index in [9.17, 15) is 9.59 Å². The first kappa shape index (κ1) is 17.4. The van der Waals surface area contributed by atoms with Gasteiger partial charge in [-0.15, -0.1) is 0 Å². The minimum Gasteiger partial charge on any atom is -0.341 e. The first-order valence-electron chi connectivity index (χ1n) is 8.39. The molecule has 0 radical (unpaired) electrons. The van der Waals surface area contributed by atoms with Gasteiger partial charge in [0.1, 0.15) is 11.2 Å². The molecule has 2 aromatic rings. The monoisotopic (exact) mass is 357 g/mol. The fourth-order valence-corrected chi connectivity index (χ4v) is 3.20. The number of pyridine rings is 1. The number of likely N-dealkylation sites (tertiary alicyclic amines) is 1. The van der Waals surface area contributed by atoms with E-state index in [2.05, 4.69) is 10.3 Å². The summed E-state index contributed by atoms with van der Waals surface area (Å²) < 4.78 is 0. The van der Waals surface area contributed by atoms with E-state index in [1.54, 1.807) is 12.1 Å². The molecule has 25 heavy (non-hydrogen) atoms. The van der Waals surface area contributed by atoms with E-state index in [4.69, 9.17) is 11.6 Å². The van der Waals surface area contributed by atoms with Gasteiger partial charge in [-0.25, -0.2) is 4.98 Å². The zero-order valence-corrected chi connectivity index (χ0v) is 14.6. The average molecular weight is 358 g/mol. The van der Waals surface area contributed by atoms with Crippen LogP contribution in [0.3, 0.4) is 0 Å². The Morgan fingerprint density at radius 2 is 1.84 bits per heavy atom. The van der Waals surface area contributed by atoms with Crippen LogP contribution < -0.4 is 5.32 Å². The van der Waals surface area contributed by atoms with Gasteiger partial charge in [-0.1, -0.05) is 41.9 Å².